The van der Waals surface area contributed by atoms with Gasteiger partial charge in [0, 0.05) is 0 Å². The average molecular weight is 286 g/mol. The molecule has 0 aliphatic heterocycles. The van der Waals surface area contributed by atoms with Crippen LogP contribution in [-0.4, -0.2) is 34.2 Å². The second-order valence-corrected chi connectivity index (χ2v) is 4.66. The van der Waals surface area contributed by atoms with E-state index >= 15 is 0 Å². The van der Waals surface area contributed by atoms with Gasteiger partial charge in [-0.2, -0.15) is 11.3 Å². The second kappa shape index (κ2) is 6.74. The molecule has 1 aromatic heterocycles. The number of nitrogens with one attached hydrogen (secondary N) is 2. The molecule has 0 aromatic carbocycles. The quantitative estimate of drug-likeness (QED) is 0.623. The minimum absolute atomic E-state index is 0.287. The Morgan fingerprint density at radius 2 is 2.00 bits per heavy atom. The molecule has 0 saturated heterocycles. The van der Waals surface area contributed by atoms with Crippen molar-refractivity contribution in [3.63, 3.8) is 0 Å². The molecule has 0 fully saturated rings. The van der Waals surface area contributed by atoms with Crippen LogP contribution in [0.2, 0.25) is 0 Å². The van der Waals surface area contributed by atoms with E-state index in [0.29, 0.717) is 0 Å². The minimum Gasteiger partial charge on any atom is -0.481 e. The van der Waals surface area contributed by atoms with Crippen LogP contribution in [0.4, 0.5) is 4.79 Å². The number of aliphatic carboxylic acids is 2. The Balaban J connectivity index is 2.53. The van der Waals surface area contributed by atoms with E-state index in [1.165, 1.54) is 11.3 Å². The molecule has 0 bridgehead atoms. The van der Waals surface area contributed by atoms with Crippen LogP contribution in [0.15, 0.2) is 16.8 Å². The third-order valence-electron chi connectivity index (χ3n) is 2.37. The molecule has 0 spiro atoms. The SMILES string of the molecule is CC(NC(=O)N[C@@H](CC(=O)O)C(=O)O)c1ccsc1. The van der Waals surface area contributed by atoms with E-state index in [-0.39, 0.29) is 6.04 Å². The van der Waals surface area contributed by atoms with E-state index in [1.807, 2.05) is 16.8 Å². The fourth-order valence-corrected chi connectivity index (χ4v) is 2.13. The zero-order valence-corrected chi connectivity index (χ0v) is 10.9. The van der Waals surface area contributed by atoms with Crippen molar-refractivity contribution in [2.45, 2.75) is 25.4 Å². The first kappa shape index (κ1) is 15.0. The maximum absolute atomic E-state index is 11.6. The summed E-state index contributed by atoms with van der Waals surface area (Å²) in [5, 5.41) is 25.7. The van der Waals surface area contributed by atoms with Crippen molar-refractivity contribution in [1.82, 2.24) is 10.6 Å². The van der Waals surface area contributed by atoms with Gasteiger partial charge in [-0.05, 0) is 29.3 Å². The number of carboxylic acids is 2. The third kappa shape index (κ3) is 4.96. The number of carbonyl (C=O) groups excluding carboxylic acids is 1. The van der Waals surface area contributed by atoms with E-state index in [9.17, 15) is 14.4 Å². The lowest BCUT2D eigenvalue weighted by atomic mass is 10.2. The highest BCUT2D eigenvalue weighted by Gasteiger charge is 2.23. The lowest BCUT2D eigenvalue weighted by Crippen LogP contribution is -2.47. The van der Waals surface area contributed by atoms with Crippen LogP contribution >= 0.6 is 11.3 Å². The first-order valence-corrected chi connectivity index (χ1v) is 6.38. The van der Waals surface area contributed by atoms with Gasteiger partial charge in [-0.25, -0.2) is 9.59 Å². The Labute approximate surface area is 113 Å². The highest BCUT2D eigenvalue weighted by Crippen LogP contribution is 2.15. The smallest absolute Gasteiger partial charge is 0.326 e. The molecule has 104 valence electrons. The Morgan fingerprint density at radius 1 is 1.32 bits per heavy atom. The van der Waals surface area contributed by atoms with Crippen LogP contribution in [0.25, 0.3) is 0 Å². The van der Waals surface area contributed by atoms with Crippen molar-refractivity contribution in [2.24, 2.45) is 0 Å². The molecular weight excluding hydrogens is 272 g/mol. The summed E-state index contributed by atoms with van der Waals surface area (Å²) in [7, 11) is 0. The summed E-state index contributed by atoms with van der Waals surface area (Å²) in [6.07, 6.45) is -0.671. The van der Waals surface area contributed by atoms with Crippen molar-refractivity contribution in [1.29, 1.82) is 0 Å². The number of hydrogen-bond acceptors (Lipinski definition) is 4. The van der Waals surface area contributed by atoms with Gasteiger partial charge >= 0.3 is 18.0 Å². The molecule has 0 aliphatic rings. The van der Waals surface area contributed by atoms with E-state index < -0.39 is 30.4 Å². The number of thiophene rings is 1. The van der Waals surface area contributed by atoms with Crippen LogP contribution in [-0.2, 0) is 9.59 Å². The van der Waals surface area contributed by atoms with Gasteiger partial charge in [-0.15, -0.1) is 0 Å². The molecule has 8 heteroatoms. The molecule has 1 rings (SSSR count). The molecule has 0 radical (unpaired) electrons. The number of urea groups is 1. The first-order valence-electron chi connectivity index (χ1n) is 5.44. The first-order chi connectivity index (χ1) is 8.90. The topological polar surface area (TPSA) is 116 Å². The van der Waals surface area contributed by atoms with Gasteiger partial charge in [0.15, 0.2) is 0 Å². The van der Waals surface area contributed by atoms with E-state index in [1.54, 1.807) is 6.92 Å². The van der Waals surface area contributed by atoms with E-state index in [0.717, 1.165) is 5.56 Å². The van der Waals surface area contributed by atoms with Crippen LogP contribution in [0.3, 0.4) is 0 Å². The Hall–Kier alpha value is -2.09. The van der Waals surface area contributed by atoms with E-state index in [2.05, 4.69) is 10.6 Å². The zero-order chi connectivity index (χ0) is 14.4. The molecule has 1 heterocycles. The van der Waals surface area contributed by atoms with Crippen molar-refractivity contribution in [2.75, 3.05) is 0 Å². The van der Waals surface area contributed by atoms with Crippen LogP contribution < -0.4 is 10.6 Å². The highest BCUT2D eigenvalue weighted by molar-refractivity contribution is 7.07. The molecule has 0 aliphatic carbocycles. The van der Waals surface area contributed by atoms with Gasteiger partial charge in [0.05, 0.1) is 12.5 Å². The molecule has 19 heavy (non-hydrogen) atoms. The Bertz CT molecular complexity index is 460. The molecule has 1 unspecified atom stereocenters. The zero-order valence-electron chi connectivity index (χ0n) is 10.1. The van der Waals surface area contributed by atoms with Gasteiger partial charge in [0.25, 0.3) is 0 Å². The number of carbonyl (C=O) groups is 3. The second-order valence-electron chi connectivity index (χ2n) is 3.88. The van der Waals surface area contributed by atoms with Gasteiger partial charge < -0.3 is 20.8 Å². The molecule has 1 aromatic rings. The van der Waals surface area contributed by atoms with Crippen LogP contribution in [0.5, 0.6) is 0 Å². The normalized spacial score (nSPS) is 13.3. The number of carboxylic acid groups (broad SMARTS) is 2. The molecule has 2 amide bonds. The highest BCUT2D eigenvalue weighted by atomic mass is 32.1. The Morgan fingerprint density at radius 3 is 2.47 bits per heavy atom. The van der Waals surface area contributed by atoms with Crippen molar-refractivity contribution >= 4 is 29.3 Å². The summed E-state index contributed by atoms with van der Waals surface area (Å²) in [5.74, 6) is -2.68. The van der Waals surface area contributed by atoms with Gasteiger partial charge in [-0.1, -0.05) is 0 Å². The summed E-state index contributed by atoms with van der Waals surface area (Å²) in [6, 6.07) is -0.619. The predicted molar refractivity (Wildman–Crippen MR) is 68.1 cm³/mol. The summed E-state index contributed by atoms with van der Waals surface area (Å²) < 4.78 is 0. The standard InChI is InChI=1S/C11H14N2O5S/c1-6(7-2-3-19-5-7)12-11(18)13-8(10(16)17)4-9(14)15/h2-3,5-6,8H,4H2,1H3,(H,14,15)(H,16,17)(H2,12,13,18)/t6?,8-/m0/s1. The maximum atomic E-state index is 11.6. The largest absolute Gasteiger partial charge is 0.481 e. The summed E-state index contributed by atoms with van der Waals surface area (Å²) in [4.78, 5) is 32.8. The lowest BCUT2D eigenvalue weighted by molar-refractivity contribution is -0.145. The van der Waals surface area contributed by atoms with Crippen molar-refractivity contribution in [3.05, 3.63) is 22.4 Å². The Kier molecular flexibility index (Phi) is 5.31. The monoisotopic (exact) mass is 286 g/mol. The number of rotatable bonds is 6. The minimum atomic E-state index is -1.45. The third-order valence-corrected chi connectivity index (χ3v) is 3.07. The fourth-order valence-electron chi connectivity index (χ4n) is 1.38. The van der Waals surface area contributed by atoms with Gasteiger partial charge in [-0.3, -0.25) is 4.79 Å². The maximum Gasteiger partial charge on any atom is 0.326 e. The lowest BCUT2D eigenvalue weighted by Gasteiger charge is -2.16. The van der Waals surface area contributed by atoms with Crippen LogP contribution in [0.1, 0.15) is 24.9 Å². The summed E-state index contributed by atoms with van der Waals surface area (Å²) in [5.41, 5.74) is 0.894. The molecule has 4 N–H and O–H groups in total. The van der Waals surface area contributed by atoms with Crippen LogP contribution in [0, 0.1) is 0 Å². The van der Waals surface area contributed by atoms with E-state index in [4.69, 9.17) is 10.2 Å². The molecule has 7 nitrogen and oxygen atoms in total. The van der Waals surface area contributed by atoms with Gasteiger partial charge in [0.1, 0.15) is 6.04 Å². The van der Waals surface area contributed by atoms with Crippen molar-refractivity contribution in [3.8, 4) is 0 Å². The average Bonchev–Trinajstić information content (AvgIpc) is 2.80. The predicted octanol–water partition coefficient (Wildman–Crippen LogP) is 1.04. The van der Waals surface area contributed by atoms with Crippen molar-refractivity contribution < 1.29 is 24.6 Å². The molecular formula is C11H14N2O5S. The summed E-state index contributed by atoms with van der Waals surface area (Å²) in [6.45, 7) is 1.74. The fraction of sp³-hybridized carbons (Fsp3) is 0.364. The molecule has 2 atom stereocenters. The number of hydrogen-bond donors (Lipinski definition) is 4. The van der Waals surface area contributed by atoms with Gasteiger partial charge in [0.2, 0.25) is 0 Å². The molecule has 0 saturated carbocycles. The summed E-state index contributed by atoms with van der Waals surface area (Å²) >= 11 is 1.48. The number of amides is 2.